The van der Waals surface area contributed by atoms with Gasteiger partial charge in [-0.25, -0.2) is 4.79 Å². The summed E-state index contributed by atoms with van der Waals surface area (Å²) in [5.74, 6) is 0.493. The molecule has 3 saturated carbocycles. The van der Waals surface area contributed by atoms with E-state index in [9.17, 15) is 9.59 Å². The number of carbonyl (C=O) groups excluding carboxylic acids is 2. The van der Waals surface area contributed by atoms with Gasteiger partial charge < -0.3 is 24.5 Å². The number of esters is 1. The summed E-state index contributed by atoms with van der Waals surface area (Å²) in [6.07, 6.45) is 4.25. The van der Waals surface area contributed by atoms with Gasteiger partial charge in [0.25, 0.3) is 0 Å². The van der Waals surface area contributed by atoms with Crippen LogP contribution < -0.4 is 10.5 Å². The van der Waals surface area contributed by atoms with Crippen molar-refractivity contribution in [2.45, 2.75) is 103 Å². The second-order valence-corrected chi connectivity index (χ2v) is 14.2. The van der Waals surface area contributed by atoms with Crippen LogP contribution in [0.4, 0.5) is 0 Å². The highest BCUT2D eigenvalue weighted by Gasteiger charge is 2.68. The molecule has 2 aromatic rings. The Kier molecular flexibility index (Phi) is 8.09. The highest BCUT2D eigenvalue weighted by atomic mass is 16.7. The standard InChI is InChI=1S/C33H45BN2O6/c1-19-12-13-21(18-36-19)28(35)25(37)17-23(34-41-27-16-22-15-26(32(22,5)6)33(27,7)42-34)14-20-10-9-11-24(29(20)39-8)30(38)40-31(2,3)4/h9-13,18,22-23,26-28H,14-17,35H2,1-8H3/t22-,23-,26+,27?,28?,33+/m1/s1. The maximum absolute atomic E-state index is 13.7. The zero-order valence-corrected chi connectivity index (χ0v) is 26.2. The molecule has 0 amide bonds. The van der Waals surface area contributed by atoms with Gasteiger partial charge in [-0.15, -0.1) is 0 Å². The van der Waals surface area contributed by atoms with Gasteiger partial charge in [0.05, 0.1) is 24.9 Å². The number of hydrogen-bond acceptors (Lipinski definition) is 8. The van der Waals surface area contributed by atoms with E-state index in [0.29, 0.717) is 35.1 Å². The lowest BCUT2D eigenvalue weighted by Crippen LogP contribution is -2.65. The van der Waals surface area contributed by atoms with Crippen LogP contribution in [0.3, 0.4) is 0 Å². The van der Waals surface area contributed by atoms with Gasteiger partial charge in [0.15, 0.2) is 5.78 Å². The van der Waals surface area contributed by atoms with Gasteiger partial charge in [-0.3, -0.25) is 9.78 Å². The fraction of sp³-hybridized carbons (Fsp3) is 0.606. The second-order valence-electron chi connectivity index (χ2n) is 14.2. The first-order chi connectivity index (χ1) is 19.6. The van der Waals surface area contributed by atoms with E-state index in [-0.39, 0.29) is 29.5 Å². The fourth-order valence-electron chi connectivity index (χ4n) is 7.36. The van der Waals surface area contributed by atoms with Crippen molar-refractivity contribution in [2.24, 2.45) is 23.0 Å². The van der Waals surface area contributed by atoms with Crippen LogP contribution in [0.5, 0.6) is 5.75 Å². The molecule has 1 aliphatic heterocycles. The number of aromatic nitrogens is 1. The number of carbonyl (C=O) groups is 2. The molecular weight excluding hydrogens is 531 g/mol. The van der Waals surface area contributed by atoms with Gasteiger partial charge in [0, 0.05) is 24.1 Å². The fourth-order valence-corrected chi connectivity index (χ4v) is 7.36. The Morgan fingerprint density at radius 1 is 1.17 bits per heavy atom. The van der Waals surface area contributed by atoms with Gasteiger partial charge in [0.2, 0.25) is 0 Å². The molecular formula is C33H45BN2O6. The minimum absolute atomic E-state index is 0.0261. The molecule has 2 unspecified atom stereocenters. The highest BCUT2D eigenvalue weighted by Crippen LogP contribution is 2.66. The van der Waals surface area contributed by atoms with Crippen molar-refractivity contribution >= 4 is 18.9 Å². The van der Waals surface area contributed by atoms with Gasteiger partial charge in [-0.05, 0) is 94.4 Å². The lowest BCUT2D eigenvalue weighted by Gasteiger charge is -2.64. The number of Topliss-reactive ketones (excluding diaryl/α,β-unsaturated/α-hetero) is 1. The SMILES string of the molecule is COc1c(C[C@H](CC(=O)C(N)c2ccc(C)nc2)B2OC3C[C@H]4C[C@@H](C4(C)C)[C@]3(C)O2)cccc1C(=O)OC(C)(C)C. The quantitative estimate of drug-likeness (QED) is 0.301. The molecule has 4 aliphatic rings. The van der Waals surface area contributed by atoms with Crippen molar-refractivity contribution in [2.75, 3.05) is 7.11 Å². The molecule has 6 atom stereocenters. The van der Waals surface area contributed by atoms with Crippen LogP contribution in [0.25, 0.3) is 0 Å². The Hall–Kier alpha value is -2.75. The topological polar surface area (TPSA) is 110 Å². The Balaban J connectivity index is 1.44. The number of methoxy groups -OCH3 is 1. The molecule has 1 aromatic carbocycles. The zero-order chi connectivity index (χ0) is 30.6. The van der Waals surface area contributed by atoms with E-state index < -0.39 is 30.3 Å². The van der Waals surface area contributed by atoms with Crippen LogP contribution in [0.1, 0.15) is 94.0 Å². The van der Waals surface area contributed by atoms with Crippen molar-refractivity contribution in [3.63, 3.8) is 0 Å². The molecule has 226 valence electrons. The maximum atomic E-state index is 13.7. The molecule has 0 spiro atoms. The lowest BCUT2D eigenvalue weighted by molar-refractivity contribution is -0.199. The minimum Gasteiger partial charge on any atom is -0.496 e. The first-order valence-corrected chi connectivity index (χ1v) is 15.1. The van der Waals surface area contributed by atoms with Gasteiger partial charge in [0.1, 0.15) is 16.9 Å². The van der Waals surface area contributed by atoms with Gasteiger partial charge in [-0.2, -0.15) is 0 Å². The maximum Gasteiger partial charge on any atom is 0.461 e. The molecule has 2 N–H and O–H groups in total. The molecule has 8 nitrogen and oxygen atoms in total. The highest BCUT2D eigenvalue weighted by molar-refractivity contribution is 6.48. The summed E-state index contributed by atoms with van der Waals surface area (Å²) in [4.78, 5) is 31.1. The van der Waals surface area contributed by atoms with E-state index in [2.05, 4.69) is 25.8 Å². The number of aryl methyl sites for hydroxylation is 1. The van der Waals surface area contributed by atoms with Crippen molar-refractivity contribution < 1.29 is 28.4 Å². The summed E-state index contributed by atoms with van der Waals surface area (Å²) in [6.45, 7) is 14.2. The minimum atomic E-state index is -0.818. The number of rotatable bonds is 9. The molecule has 1 saturated heterocycles. The summed E-state index contributed by atoms with van der Waals surface area (Å²) in [5, 5.41) is 0. The van der Waals surface area contributed by atoms with Crippen LogP contribution in [0.2, 0.25) is 5.82 Å². The average Bonchev–Trinajstić information content (AvgIpc) is 3.28. The Labute approximate surface area is 250 Å². The molecule has 2 bridgehead atoms. The molecule has 42 heavy (non-hydrogen) atoms. The summed E-state index contributed by atoms with van der Waals surface area (Å²) >= 11 is 0. The third kappa shape index (κ3) is 5.63. The number of hydrogen-bond donors (Lipinski definition) is 1. The summed E-state index contributed by atoms with van der Waals surface area (Å²) in [7, 11) is 0.943. The molecule has 6 rings (SSSR count). The smallest absolute Gasteiger partial charge is 0.461 e. The van der Waals surface area contributed by atoms with E-state index in [1.165, 1.54) is 0 Å². The molecule has 2 heterocycles. The van der Waals surface area contributed by atoms with Crippen molar-refractivity contribution in [1.29, 1.82) is 0 Å². The summed E-state index contributed by atoms with van der Waals surface area (Å²) in [6, 6.07) is 8.31. The molecule has 3 aliphatic carbocycles. The lowest BCUT2D eigenvalue weighted by atomic mass is 9.43. The summed E-state index contributed by atoms with van der Waals surface area (Å²) < 4.78 is 24.9. The van der Waals surface area contributed by atoms with Crippen LogP contribution in [0, 0.1) is 24.2 Å². The zero-order valence-electron chi connectivity index (χ0n) is 26.2. The van der Waals surface area contributed by atoms with E-state index in [1.54, 1.807) is 19.4 Å². The molecule has 1 aromatic heterocycles. The predicted molar refractivity (Wildman–Crippen MR) is 161 cm³/mol. The number of ketones is 1. The van der Waals surface area contributed by atoms with Crippen molar-refractivity contribution in [1.82, 2.24) is 4.98 Å². The largest absolute Gasteiger partial charge is 0.496 e. The van der Waals surface area contributed by atoms with E-state index in [1.807, 2.05) is 52.0 Å². The number of pyridine rings is 1. The van der Waals surface area contributed by atoms with Crippen LogP contribution in [-0.4, -0.2) is 48.3 Å². The first-order valence-electron chi connectivity index (χ1n) is 15.1. The number of ether oxygens (including phenoxy) is 2. The number of para-hydroxylation sites is 1. The molecule has 4 fully saturated rings. The summed E-state index contributed by atoms with van der Waals surface area (Å²) in [5.41, 5.74) is 8.23. The Morgan fingerprint density at radius 3 is 2.52 bits per heavy atom. The van der Waals surface area contributed by atoms with Gasteiger partial charge in [-0.1, -0.05) is 32.0 Å². The van der Waals surface area contributed by atoms with Crippen molar-refractivity contribution in [3.05, 3.63) is 58.9 Å². The predicted octanol–water partition coefficient (Wildman–Crippen LogP) is 5.65. The van der Waals surface area contributed by atoms with E-state index >= 15 is 0 Å². The number of nitrogens with two attached hydrogens (primary N) is 1. The number of nitrogens with zero attached hydrogens (tertiary/aromatic N) is 1. The Bertz CT molecular complexity index is 1340. The van der Waals surface area contributed by atoms with Crippen LogP contribution in [0.15, 0.2) is 36.5 Å². The van der Waals surface area contributed by atoms with E-state index in [4.69, 9.17) is 24.5 Å². The van der Waals surface area contributed by atoms with Crippen LogP contribution >= 0.6 is 0 Å². The van der Waals surface area contributed by atoms with Gasteiger partial charge >= 0.3 is 13.1 Å². The van der Waals surface area contributed by atoms with Crippen LogP contribution in [-0.2, 0) is 25.3 Å². The third-order valence-electron chi connectivity index (χ3n) is 9.86. The normalized spacial score (nSPS) is 27.5. The first kappa shape index (κ1) is 30.7. The Morgan fingerprint density at radius 2 is 1.90 bits per heavy atom. The molecule has 0 radical (unpaired) electrons. The third-order valence-corrected chi connectivity index (χ3v) is 9.86. The van der Waals surface area contributed by atoms with Crippen molar-refractivity contribution in [3.8, 4) is 5.75 Å². The monoisotopic (exact) mass is 576 g/mol. The second kappa shape index (κ2) is 11.1. The number of benzene rings is 1. The van der Waals surface area contributed by atoms with E-state index in [0.717, 1.165) is 24.1 Å². The molecule has 9 heteroatoms. The average molecular weight is 577 g/mol.